The summed E-state index contributed by atoms with van der Waals surface area (Å²) in [5.74, 6) is 0.178. The van der Waals surface area contributed by atoms with Gasteiger partial charge in [0.2, 0.25) is 0 Å². The van der Waals surface area contributed by atoms with Crippen LogP contribution in [0.1, 0.15) is 129 Å². The first kappa shape index (κ1) is 28.2. The number of carbonyl (C=O) groups is 2. The van der Waals surface area contributed by atoms with Gasteiger partial charge in [-0.05, 0) is 43.4 Å². The number of ether oxygens (including phenoxy) is 2. The zero-order valence-corrected chi connectivity index (χ0v) is 20.9. The molecule has 4 nitrogen and oxygen atoms in total. The molecule has 4 heteroatoms. The molecule has 0 N–H and O–H groups in total. The van der Waals surface area contributed by atoms with Gasteiger partial charge in [0.05, 0.1) is 0 Å². The van der Waals surface area contributed by atoms with E-state index in [2.05, 4.69) is 6.92 Å². The van der Waals surface area contributed by atoms with Crippen LogP contribution in [-0.4, -0.2) is 11.9 Å². The van der Waals surface area contributed by atoms with E-state index >= 15 is 0 Å². The summed E-state index contributed by atoms with van der Waals surface area (Å²) in [5, 5.41) is 0. The summed E-state index contributed by atoms with van der Waals surface area (Å²) in [5.41, 5.74) is 1.12. The molecule has 182 valence electrons. The molecule has 0 amide bonds. The lowest BCUT2D eigenvalue weighted by atomic mass is 10.0. The van der Waals surface area contributed by atoms with Gasteiger partial charge in [-0.2, -0.15) is 0 Å². The smallest absolute Gasteiger partial charge is 0.311 e. The number of rotatable bonds is 19. The van der Waals surface area contributed by atoms with Gasteiger partial charge < -0.3 is 9.47 Å². The predicted octanol–water partition coefficient (Wildman–Crippen LogP) is 8.34. The predicted molar refractivity (Wildman–Crippen MR) is 132 cm³/mol. The van der Waals surface area contributed by atoms with Crippen molar-refractivity contribution in [3.05, 3.63) is 23.8 Å². The number of esters is 2. The largest absolute Gasteiger partial charge is 0.423 e. The van der Waals surface area contributed by atoms with Crippen molar-refractivity contribution in [1.29, 1.82) is 0 Å². The molecule has 1 rings (SSSR count). The minimum atomic E-state index is -0.278. The molecule has 32 heavy (non-hydrogen) atoms. The van der Waals surface area contributed by atoms with Crippen LogP contribution in [0.3, 0.4) is 0 Å². The first-order chi connectivity index (χ1) is 15.6. The Hall–Kier alpha value is -1.84. The van der Waals surface area contributed by atoms with Crippen LogP contribution in [0.15, 0.2) is 18.2 Å². The van der Waals surface area contributed by atoms with E-state index in [1.54, 1.807) is 6.07 Å². The molecule has 0 bridgehead atoms. The Morgan fingerprint density at radius 2 is 1.06 bits per heavy atom. The van der Waals surface area contributed by atoms with Crippen molar-refractivity contribution in [3.63, 3.8) is 0 Å². The maximum atomic E-state index is 12.2. The lowest BCUT2D eigenvalue weighted by Crippen LogP contribution is -2.12. The van der Waals surface area contributed by atoms with E-state index in [4.69, 9.17) is 9.47 Å². The molecular weight excluding hydrogens is 400 g/mol. The van der Waals surface area contributed by atoms with Gasteiger partial charge >= 0.3 is 11.9 Å². The molecular formula is C28H46O4. The molecule has 0 heterocycles. The van der Waals surface area contributed by atoms with Gasteiger partial charge in [0.15, 0.2) is 11.5 Å². The molecule has 0 fully saturated rings. The third kappa shape index (κ3) is 13.5. The van der Waals surface area contributed by atoms with Crippen LogP contribution < -0.4 is 9.47 Å². The molecule has 0 aliphatic rings. The van der Waals surface area contributed by atoms with E-state index in [1.807, 2.05) is 26.0 Å². The van der Waals surface area contributed by atoms with Gasteiger partial charge in [0, 0.05) is 12.8 Å². The average Bonchev–Trinajstić information content (AvgIpc) is 2.79. The highest BCUT2D eigenvalue weighted by Crippen LogP contribution is 2.30. The monoisotopic (exact) mass is 446 g/mol. The number of unbranched alkanes of at least 4 members (excludes halogenated alkanes) is 11. The summed E-state index contributed by atoms with van der Waals surface area (Å²) in [6.07, 6.45) is 18.2. The van der Waals surface area contributed by atoms with Gasteiger partial charge in [-0.3, -0.25) is 9.59 Å². The van der Waals surface area contributed by atoms with Crippen LogP contribution >= 0.6 is 0 Å². The first-order valence-electron chi connectivity index (χ1n) is 13.1. The Kier molecular flexibility index (Phi) is 16.5. The second-order valence-electron chi connectivity index (χ2n) is 8.87. The Bertz CT molecular complexity index is 638. The minimum Gasteiger partial charge on any atom is -0.423 e. The topological polar surface area (TPSA) is 52.6 Å². The molecule has 0 aromatic heterocycles. The second kappa shape index (κ2) is 18.7. The van der Waals surface area contributed by atoms with Crippen LogP contribution in [-0.2, 0) is 16.0 Å². The number of hydrogen-bond acceptors (Lipinski definition) is 4. The van der Waals surface area contributed by atoms with Gasteiger partial charge in [-0.15, -0.1) is 0 Å². The number of benzene rings is 1. The van der Waals surface area contributed by atoms with E-state index in [9.17, 15) is 9.59 Å². The number of hydrogen-bond donors (Lipinski definition) is 0. The maximum Gasteiger partial charge on any atom is 0.311 e. The fourth-order valence-electron chi connectivity index (χ4n) is 3.68. The standard InChI is InChI=1S/C28H46O4/c1-4-7-10-11-12-13-14-15-16-17-18-24-21-22-25(31-27(29)19-8-5-2)26(23-24)32-28(30)20-9-6-3/h21-23H,4-20H2,1-3H3. The van der Waals surface area contributed by atoms with Crippen molar-refractivity contribution in [2.45, 2.75) is 130 Å². The fraction of sp³-hybridized carbons (Fsp3) is 0.714. The molecule has 0 aliphatic heterocycles. The van der Waals surface area contributed by atoms with Crippen molar-refractivity contribution < 1.29 is 19.1 Å². The Morgan fingerprint density at radius 3 is 1.59 bits per heavy atom. The second-order valence-corrected chi connectivity index (χ2v) is 8.87. The van der Waals surface area contributed by atoms with Crippen molar-refractivity contribution in [3.8, 4) is 11.5 Å². The Balaban J connectivity index is 2.52. The Labute approximate surface area is 196 Å². The lowest BCUT2D eigenvalue weighted by Gasteiger charge is -2.12. The fourth-order valence-corrected chi connectivity index (χ4v) is 3.68. The highest BCUT2D eigenvalue weighted by Gasteiger charge is 2.14. The maximum absolute atomic E-state index is 12.2. The van der Waals surface area contributed by atoms with Crippen LogP contribution in [0.25, 0.3) is 0 Å². The highest BCUT2D eigenvalue weighted by atomic mass is 16.6. The van der Waals surface area contributed by atoms with Crippen LogP contribution in [0, 0.1) is 0 Å². The van der Waals surface area contributed by atoms with Crippen LogP contribution in [0.5, 0.6) is 11.5 Å². The molecule has 0 unspecified atom stereocenters. The van der Waals surface area contributed by atoms with Gasteiger partial charge in [-0.25, -0.2) is 0 Å². The van der Waals surface area contributed by atoms with Gasteiger partial charge in [-0.1, -0.05) is 97.5 Å². The zero-order chi connectivity index (χ0) is 23.4. The zero-order valence-electron chi connectivity index (χ0n) is 20.9. The normalized spacial score (nSPS) is 10.8. The molecule has 1 aromatic rings. The average molecular weight is 447 g/mol. The summed E-state index contributed by atoms with van der Waals surface area (Å²) < 4.78 is 11.1. The van der Waals surface area contributed by atoms with E-state index in [0.717, 1.165) is 44.1 Å². The highest BCUT2D eigenvalue weighted by molar-refractivity contribution is 5.76. The third-order valence-electron chi connectivity index (χ3n) is 5.74. The van der Waals surface area contributed by atoms with Crippen molar-refractivity contribution in [2.24, 2.45) is 0 Å². The summed E-state index contributed by atoms with van der Waals surface area (Å²) in [7, 11) is 0. The van der Waals surface area contributed by atoms with Crippen molar-refractivity contribution in [2.75, 3.05) is 0 Å². The van der Waals surface area contributed by atoms with E-state index in [0.29, 0.717) is 24.3 Å². The molecule has 0 aliphatic carbocycles. The summed E-state index contributed by atoms with van der Waals surface area (Å²) in [6, 6.07) is 5.64. The first-order valence-corrected chi connectivity index (χ1v) is 13.1. The van der Waals surface area contributed by atoms with E-state index < -0.39 is 0 Å². The summed E-state index contributed by atoms with van der Waals surface area (Å²) >= 11 is 0. The third-order valence-corrected chi connectivity index (χ3v) is 5.74. The molecule has 0 spiro atoms. The van der Waals surface area contributed by atoms with Crippen LogP contribution in [0.4, 0.5) is 0 Å². The molecule has 0 atom stereocenters. The molecule has 0 radical (unpaired) electrons. The lowest BCUT2D eigenvalue weighted by molar-refractivity contribution is -0.137. The van der Waals surface area contributed by atoms with Crippen molar-refractivity contribution >= 4 is 11.9 Å². The minimum absolute atomic E-state index is 0.270. The summed E-state index contributed by atoms with van der Waals surface area (Å²) in [6.45, 7) is 6.34. The van der Waals surface area contributed by atoms with Crippen LogP contribution in [0.2, 0.25) is 0 Å². The van der Waals surface area contributed by atoms with E-state index in [-0.39, 0.29) is 11.9 Å². The van der Waals surface area contributed by atoms with E-state index in [1.165, 1.54) is 57.8 Å². The number of aryl methyl sites for hydroxylation is 1. The van der Waals surface area contributed by atoms with Crippen molar-refractivity contribution in [1.82, 2.24) is 0 Å². The molecule has 1 aromatic carbocycles. The SMILES string of the molecule is CCCCCCCCCCCCc1ccc(OC(=O)CCCC)c(OC(=O)CCCC)c1. The quantitative estimate of drug-likeness (QED) is 0.122. The van der Waals surface area contributed by atoms with Gasteiger partial charge in [0.1, 0.15) is 0 Å². The molecule has 0 saturated heterocycles. The Morgan fingerprint density at radius 1 is 0.594 bits per heavy atom. The summed E-state index contributed by atoms with van der Waals surface area (Å²) in [4.78, 5) is 24.2. The molecule has 0 saturated carbocycles. The number of carbonyl (C=O) groups excluding carboxylic acids is 2. The van der Waals surface area contributed by atoms with Gasteiger partial charge in [0.25, 0.3) is 0 Å².